The van der Waals surface area contributed by atoms with Crippen molar-refractivity contribution in [2.45, 2.75) is 44.9 Å². The fourth-order valence-electron chi connectivity index (χ4n) is 2.41. The number of carbonyl (C=O) groups excluding carboxylic acids is 1. The summed E-state index contributed by atoms with van der Waals surface area (Å²) in [7, 11) is 0. The lowest BCUT2D eigenvalue weighted by molar-refractivity contribution is -0.122. The van der Waals surface area contributed by atoms with E-state index in [1.54, 1.807) is 6.33 Å². The summed E-state index contributed by atoms with van der Waals surface area (Å²) in [6, 6.07) is 9.47. The highest BCUT2D eigenvalue weighted by atomic mass is 16.3. The third-order valence-electron chi connectivity index (χ3n) is 3.91. The molecule has 1 aromatic heterocycles. The van der Waals surface area contributed by atoms with E-state index in [1.807, 2.05) is 35.9 Å². The van der Waals surface area contributed by atoms with Gasteiger partial charge in [0.05, 0.1) is 24.2 Å². The van der Waals surface area contributed by atoms with Gasteiger partial charge in [-0.05, 0) is 18.4 Å². The Morgan fingerprint density at radius 3 is 2.83 bits per heavy atom. The first-order chi connectivity index (χ1) is 11.6. The average Bonchev–Trinajstić information content (AvgIpc) is 3.02. The molecule has 6 heteroatoms. The highest BCUT2D eigenvalue weighted by molar-refractivity contribution is 5.81. The number of aromatic nitrogens is 2. The van der Waals surface area contributed by atoms with Gasteiger partial charge >= 0.3 is 0 Å². The van der Waals surface area contributed by atoms with Gasteiger partial charge in [0.2, 0.25) is 5.91 Å². The van der Waals surface area contributed by atoms with Gasteiger partial charge in [0, 0.05) is 25.7 Å². The quantitative estimate of drug-likeness (QED) is 0.641. The number of carbonyl (C=O) groups is 1. The Hall–Kier alpha value is -2.18. The molecule has 0 spiro atoms. The van der Waals surface area contributed by atoms with Crippen molar-refractivity contribution in [1.29, 1.82) is 0 Å². The normalized spacial score (nSPS) is 13.5. The number of hydrogen-bond acceptors (Lipinski definition) is 4. The van der Waals surface area contributed by atoms with Crippen LogP contribution in [0.3, 0.4) is 0 Å². The van der Waals surface area contributed by atoms with Crippen LogP contribution in [0.25, 0.3) is 0 Å². The van der Waals surface area contributed by atoms with Crippen LogP contribution < -0.4 is 11.1 Å². The zero-order valence-corrected chi connectivity index (χ0v) is 14.1. The third-order valence-corrected chi connectivity index (χ3v) is 3.91. The second-order valence-corrected chi connectivity index (χ2v) is 5.98. The predicted molar refractivity (Wildman–Crippen MR) is 93.4 cm³/mol. The van der Waals surface area contributed by atoms with E-state index < -0.39 is 6.04 Å². The molecule has 0 aliphatic heterocycles. The van der Waals surface area contributed by atoms with Crippen LogP contribution in [0.1, 0.15) is 31.0 Å². The van der Waals surface area contributed by atoms with Crippen LogP contribution in [0.5, 0.6) is 0 Å². The molecule has 130 valence electrons. The number of imidazole rings is 1. The molecule has 6 nitrogen and oxygen atoms in total. The number of aliphatic hydroxyl groups is 1. The molecule has 2 aromatic rings. The Balaban J connectivity index is 1.79. The Labute approximate surface area is 142 Å². The van der Waals surface area contributed by atoms with Gasteiger partial charge in [-0.15, -0.1) is 0 Å². The predicted octanol–water partition coefficient (Wildman–Crippen LogP) is 1.08. The van der Waals surface area contributed by atoms with E-state index in [4.69, 9.17) is 5.73 Å². The van der Waals surface area contributed by atoms with E-state index in [1.165, 1.54) is 5.56 Å². The molecule has 0 fully saturated rings. The SMILES string of the molecule is CCC(O)CCNC(=O)[C@@H](N)Cc1cn(Cc2ccccc2)cn1. The van der Waals surface area contributed by atoms with Crippen LogP contribution in [0.15, 0.2) is 42.9 Å². The van der Waals surface area contributed by atoms with E-state index in [9.17, 15) is 9.90 Å². The summed E-state index contributed by atoms with van der Waals surface area (Å²) in [5.41, 5.74) is 7.92. The summed E-state index contributed by atoms with van der Waals surface area (Å²) in [6.07, 6.45) is 4.91. The van der Waals surface area contributed by atoms with Crippen LogP contribution in [-0.2, 0) is 17.8 Å². The number of rotatable bonds is 9. The van der Waals surface area contributed by atoms with Gasteiger partial charge in [-0.3, -0.25) is 4.79 Å². The van der Waals surface area contributed by atoms with E-state index in [0.29, 0.717) is 25.8 Å². The van der Waals surface area contributed by atoms with Crippen molar-refractivity contribution < 1.29 is 9.90 Å². The molecule has 1 unspecified atom stereocenters. The van der Waals surface area contributed by atoms with Crippen molar-refractivity contribution in [3.8, 4) is 0 Å². The Morgan fingerprint density at radius 1 is 1.38 bits per heavy atom. The molecule has 1 heterocycles. The number of aliphatic hydroxyl groups excluding tert-OH is 1. The minimum atomic E-state index is -0.635. The molecule has 1 aromatic carbocycles. The third kappa shape index (κ3) is 5.79. The first-order valence-electron chi connectivity index (χ1n) is 8.34. The Kier molecular flexibility index (Phi) is 6.96. The second-order valence-electron chi connectivity index (χ2n) is 5.98. The van der Waals surface area contributed by atoms with Gasteiger partial charge in [0.25, 0.3) is 0 Å². The minimum Gasteiger partial charge on any atom is -0.393 e. The highest BCUT2D eigenvalue weighted by Gasteiger charge is 2.15. The number of nitrogens with two attached hydrogens (primary N) is 1. The lowest BCUT2D eigenvalue weighted by atomic mass is 10.1. The molecule has 2 rings (SSSR count). The van der Waals surface area contributed by atoms with Crippen molar-refractivity contribution in [3.63, 3.8) is 0 Å². The molecule has 0 radical (unpaired) electrons. The standard InChI is InChI=1S/C18H26N4O2/c1-2-16(23)8-9-20-18(24)17(19)10-15-12-22(13-21-15)11-14-6-4-3-5-7-14/h3-7,12-13,16-17,23H,2,8-11,19H2,1H3,(H,20,24)/t16?,17-/m0/s1. The number of nitrogens with one attached hydrogen (secondary N) is 1. The Bertz CT molecular complexity index is 627. The maximum absolute atomic E-state index is 12.0. The first kappa shape index (κ1) is 18.2. The lowest BCUT2D eigenvalue weighted by Crippen LogP contribution is -2.42. The maximum Gasteiger partial charge on any atom is 0.237 e. The summed E-state index contributed by atoms with van der Waals surface area (Å²) in [5, 5.41) is 12.2. The smallest absolute Gasteiger partial charge is 0.237 e. The zero-order chi connectivity index (χ0) is 17.4. The van der Waals surface area contributed by atoms with Crippen LogP contribution in [0.2, 0.25) is 0 Å². The van der Waals surface area contributed by atoms with Crippen molar-refractivity contribution in [1.82, 2.24) is 14.9 Å². The molecule has 1 amide bonds. The molecule has 4 N–H and O–H groups in total. The minimum absolute atomic E-state index is 0.212. The van der Waals surface area contributed by atoms with Crippen molar-refractivity contribution in [2.75, 3.05) is 6.54 Å². The molecule has 24 heavy (non-hydrogen) atoms. The van der Waals surface area contributed by atoms with Gasteiger partial charge in [0.1, 0.15) is 0 Å². The number of amides is 1. The van der Waals surface area contributed by atoms with Crippen LogP contribution in [0.4, 0.5) is 0 Å². The van der Waals surface area contributed by atoms with Gasteiger partial charge < -0.3 is 20.7 Å². The Morgan fingerprint density at radius 2 is 2.12 bits per heavy atom. The molecule has 0 aliphatic carbocycles. The fourth-order valence-corrected chi connectivity index (χ4v) is 2.41. The molecule has 0 saturated heterocycles. The second kappa shape index (κ2) is 9.20. The van der Waals surface area contributed by atoms with Gasteiger partial charge in [0.15, 0.2) is 0 Å². The summed E-state index contributed by atoms with van der Waals surface area (Å²) in [6.45, 7) is 3.08. The summed E-state index contributed by atoms with van der Waals surface area (Å²) >= 11 is 0. The highest BCUT2D eigenvalue weighted by Crippen LogP contribution is 2.05. The van der Waals surface area contributed by atoms with Gasteiger partial charge in [-0.2, -0.15) is 0 Å². The number of nitrogens with zero attached hydrogens (tertiary/aromatic N) is 2. The fraction of sp³-hybridized carbons (Fsp3) is 0.444. The summed E-state index contributed by atoms with van der Waals surface area (Å²) in [5.74, 6) is -0.212. The van der Waals surface area contributed by atoms with E-state index >= 15 is 0 Å². The molecule has 0 aliphatic rings. The van der Waals surface area contributed by atoms with Gasteiger partial charge in [-0.25, -0.2) is 4.98 Å². The average molecular weight is 330 g/mol. The first-order valence-corrected chi connectivity index (χ1v) is 8.34. The molecular weight excluding hydrogens is 304 g/mol. The molecule has 0 bridgehead atoms. The van der Waals surface area contributed by atoms with Crippen molar-refractivity contribution in [2.24, 2.45) is 5.73 Å². The van der Waals surface area contributed by atoms with E-state index in [2.05, 4.69) is 22.4 Å². The van der Waals surface area contributed by atoms with Gasteiger partial charge in [-0.1, -0.05) is 37.3 Å². The lowest BCUT2D eigenvalue weighted by Gasteiger charge is -2.12. The topological polar surface area (TPSA) is 93.2 Å². The van der Waals surface area contributed by atoms with Crippen LogP contribution in [-0.4, -0.2) is 39.3 Å². The summed E-state index contributed by atoms with van der Waals surface area (Å²) < 4.78 is 1.98. The molecule has 0 saturated carbocycles. The van der Waals surface area contributed by atoms with Crippen molar-refractivity contribution >= 4 is 5.91 Å². The summed E-state index contributed by atoms with van der Waals surface area (Å²) in [4.78, 5) is 16.3. The number of hydrogen-bond donors (Lipinski definition) is 3. The van der Waals surface area contributed by atoms with E-state index in [-0.39, 0.29) is 12.0 Å². The largest absolute Gasteiger partial charge is 0.393 e. The molecule has 2 atom stereocenters. The maximum atomic E-state index is 12.0. The van der Waals surface area contributed by atoms with Crippen LogP contribution >= 0.6 is 0 Å². The van der Waals surface area contributed by atoms with Crippen molar-refractivity contribution in [3.05, 3.63) is 54.1 Å². The monoisotopic (exact) mass is 330 g/mol. The van der Waals surface area contributed by atoms with E-state index in [0.717, 1.165) is 12.2 Å². The zero-order valence-electron chi connectivity index (χ0n) is 14.1. The molecular formula is C18H26N4O2. The number of benzene rings is 1. The van der Waals surface area contributed by atoms with Crippen LogP contribution in [0, 0.1) is 0 Å².